The maximum Gasteiger partial charge on any atom is 0.338 e. The molecule has 0 fully saturated rings. The molecule has 8 heteroatoms. The zero-order chi connectivity index (χ0) is 23.0. The van der Waals surface area contributed by atoms with E-state index in [2.05, 4.69) is 4.98 Å². The van der Waals surface area contributed by atoms with Crippen LogP contribution in [-0.4, -0.2) is 36.8 Å². The summed E-state index contributed by atoms with van der Waals surface area (Å²) in [6.07, 6.45) is 1.71. The molecule has 168 valence electrons. The van der Waals surface area contributed by atoms with Crippen LogP contribution in [-0.2, 0) is 28.0 Å². The van der Waals surface area contributed by atoms with E-state index in [0.717, 1.165) is 11.3 Å². The Hall–Kier alpha value is -3.23. The van der Waals surface area contributed by atoms with Crippen LogP contribution in [0.15, 0.2) is 77.8 Å². The number of pyridine rings is 1. The van der Waals surface area contributed by atoms with E-state index in [1.165, 1.54) is 22.5 Å². The summed E-state index contributed by atoms with van der Waals surface area (Å²) in [5.74, 6) is 0.0946. The molecule has 3 rings (SSSR count). The monoisotopic (exact) mass is 454 g/mol. The van der Waals surface area contributed by atoms with Crippen molar-refractivity contribution in [3.63, 3.8) is 0 Å². The van der Waals surface area contributed by atoms with Crippen molar-refractivity contribution in [3.05, 3.63) is 89.7 Å². The largest absolute Gasteiger partial charge is 0.487 e. The average Bonchev–Trinajstić information content (AvgIpc) is 2.83. The number of esters is 1. The molecular weight excluding hydrogens is 428 g/mol. The maximum atomic E-state index is 12.7. The number of hydrogen-bond acceptors (Lipinski definition) is 6. The van der Waals surface area contributed by atoms with Gasteiger partial charge in [-0.3, -0.25) is 4.98 Å². The lowest BCUT2D eigenvalue weighted by Gasteiger charge is -2.18. The summed E-state index contributed by atoms with van der Waals surface area (Å²) >= 11 is 0. The van der Waals surface area contributed by atoms with Gasteiger partial charge in [0, 0.05) is 19.3 Å². The average molecular weight is 455 g/mol. The van der Waals surface area contributed by atoms with Crippen molar-refractivity contribution in [2.24, 2.45) is 0 Å². The van der Waals surface area contributed by atoms with E-state index >= 15 is 0 Å². The van der Waals surface area contributed by atoms with Crippen LogP contribution in [0.2, 0.25) is 0 Å². The molecule has 3 aromatic rings. The molecule has 1 aromatic heterocycles. The minimum Gasteiger partial charge on any atom is -0.487 e. The molecular formula is C24H26N2O5S. The third-order valence-corrected chi connectivity index (χ3v) is 6.86. The summed E-state index contributed by atoms with van der Waals surface area (Å²) < 4.78 is 37.8. The molecule has 0 saturated carbocycles. The summed E-state index contributed by atoms with van der Waals surface area (Å²) in [6, 6.07) is 18.8. The first-order chi connectivity index (χ1) is 15.4. The molecule has 0 spiro atoms. The van der Waals surface area contributed by atoms with Crippen molar-refractivity contribution in [3.8, 4) is 5.75 Å². The summed E-state index contributed by atoms with van der Waals surface area (Å²) in [5, 5.41) is 0. The van der Waals surface area contributed by atoms with Crippen molar-refractivity contribution >= 4 is 16.0 Å². The molecule has 0 saturated heterocycles. The van der Waals surface area contributed by atoms with Gasteiger partial charge in [-0.05, 0) is 48.0 Å². The van der Waals surface area contributed by atoms with Crippen LogP contribution < -0.4 is 4.74 Å². The number of sulfonamides is 1. The number of carbonyl (C=O) groups is 1. The Labute approximate surface area is 188 Å². The van der Waals surface area contributed by atoms with E-state index in [-0.39, 0.29) is 17.1 Å². The van der Waals surface area contributed by atoms with E-state index < -0.39 is 16.0 Å². The molecule has 0 bridgehead atoms. The van der Waals surface area contributed by atoms with E-state index in [1.807, 2.05) is 30.3 Å². The fourth-order valence-corrected chi connectivity index (χ4v) is 4.56. The quantitative estimate of drug-likeness (QED) is 0.430. The van der Waals surface area contributed by atoms with Crippen LogP contribution >= 0.6 is 0 Å². The van der Waals surface area contributed by atoms with Gasteiger partial charge in [-0.25, -0.2) is 13.2 Å². The van der Waals surface area contributed by atoms with Gasteiger partial charge >= 0.3 is 5.97 Å². The van der Waals surface area contributed by atoms with E-state index in [0.29, 0.717) is 25.4 Å². The molecule has 1 heterocycles. The highest BCUT2D eigenvalue weighted by Crippen LogP contribution is 2.19. The molecule has 0 unspecified atom stereocenters. The summed E-state index contributed by atoms with van der Waals surface area (Å²) in [5.41, 5.74) is 1.81. The molecule has 0 aliphatic heterocycles. The summed E-state index contributed by atoms with van der Waals surface area (Å²) in [7, 11) is -3.65. The molecule has 0 aliphatic rings. The predicted molar refractivity (Wildman–Crippen MR) is 121 cm³/mol. The SMILES string of the molecule is CCN(CC)S(=O)(=O)c1cccc(C(=O)OCc2ccc(OCc3ccccn3)cc2)c1. The first-order valence-corrected chi connectivity index (χ1v) is 11.8. The van der Waals surface area contributed by atoms with Gasteiger partial charge in [-0.15, -0.1) is 0 Å². The van der Waals surface area contributed by atoms with Gasteiger partial charge in [0.2, 0.25) is 10.0 Å². The number of rotatable bonds is 10. The molecule has 0 aliphatic carbocycles. The lowest BCUT2D eigenvalue weighted by molar-refractivity contribution is 0.0472. The smallest absolute Gasteiger partial charge is 0.338 e. The Bertz CT molecular complexity index is 1130. The van der Waals surface area contributed by atoms with Gasteiger partial charge in [-0.2, -0.15) is 4.31 Å². The van der Waals surface area contributed by atoms with Gasteiger partial charge in [-0.1, -0.05) is 38.1 Å². The minimum atomic E-state index is -3.65. The van der Waals surface area contributed by atoms with Crippen molar-refractivity contribution in [1.29, 1.82) is 0 Å². The van der Waals surface area contributed by atoms with Crippen LogP contribution in [0.1, 0.15) is 35.5 Å². The van der Waals surface area contributed by atoms with E-state index in [9.17, 15) is 13.2 Å². The Kier molecular flexibility index (Phi) is 7.97. The summed E-state index contributed by atoms with van der Waals surface area (Å²) in [4.78, 5) is 16.8. The molecule has 0 radical (unpaired) electrons. The fourth-order valence-electron chi connectivity index (χ4n) is 3.05. The standard InChI is InChI=1S/C24H26N2O5S/c1-3-26(4-2)32(28,29)23-10-7-8-20(16-23)24(27)31-17-19-11-13-22(14-12-19)30-18-21-9-5-6-15-25-21/h5-16H,3-4,17-18H2,1-2H3. The Morgan fingerprint density at radius 2 is 1.69 bits per heavy atom. The van der Waals surface area contributed by atoms with Crippen molar-refractivity contribution in [2.75, 3.05) is 13.1 Å². The fraction of sp³-hybridized carbons (Fsp3) is 0.250. The molecule has 0 amide bonds. The first kappa shape index (κ1) is 23.4. The molecule has 2 aromatic carbocycles. The highest BCUT2D eigenvalue weighted by atomic mass is 32.2. The second kappa shape index (κ2) is 10.9. The van der Waals surface area contributed by atoms with Gasteiger partial charge in [0.1, 0.15) is 19.0 Å². The van der Waals surface area contributed by atoms with Gasteiger partial charge in [0.15, 0.2) is 0 Å². The van der Waals surface area contributed by atoms with Crippen LogP contribution in [0.5, 0.6) is 5.75 Å². The van der Waals surface area contributed by atoms with Crippen LogP contribution in [0.25, 0.3) is 0 Å². The normalized spacial score (nSPS) is 11.3. The number of ether oxygens (including phenoxy) is 2. The lowest BCUT2D eigenvalue weighted by Crippen LogP contribution is -2.30. The number of nitrogens with zero attached hydrogens (tertiary/aromatic N) is 2. The van der Waals surface area contributed by atoms with Crippen molar-refractivity contribution in [1.82, 2.24) is 9.29 Å². The van der Waals surface area contributed by atoms with E-state index in [1.54, 1.807) is 38.2 Å². The van der Waals surface area contributed by atoms with Crippen LogP contribution in [0.3, 0.4) is 0 Å². The minimum absolute atomic E-state index is 0.0619. The maximum absolute atomic E-state index is 12.7. The number of hydrogen-bond donors (Lipinski definition) is 0. The third kappa shape index (κ3) is 5.93. The van der Waals surface area contributed by atoms with Crippen LogP contribution in [0, 0.1) is 0 Å². The second-order valence-corrected chi connectivity index (χ2v) is 8.88. The number of benzene rings is 2. The Morgan fingerprint density at radius 1 is 0.938 bits per heavy atom. The third-order valence-electron chi connectivity index (χ3n) is 4.82. The van der Waals surface area contributed by atoms with E-state index in [4.69, 9.17) is 9.47 Å². The van der Waals surface area contributed by atoms with Crippen LogP contribution in [0.4, 0.5) is 0 Å². The van der Waals surface area contributed by atoms with Crippen molar-refractivity contribution < 1.29 is 22.7 Å². The first-order valence-electron chi connectivity index (χ1n) is 10.3. The molecule has 7 nitrogen and oxygen atoms in total. The highest BCUT2D eigenvalue weighted by Gasteiger charge is 2.22. The zero-order valence-corrected chi connectivity index (χ0v) is 18.9. The molecule has 32 heavy (non-hydrogen) atoms. The van der Waals surface area contributed by atoms with Crippen molar-refractivity contribution in [2.45, 2.75) is 32.0 Å². The number of aromatic nitrogens is 1. The predicted octanol–water partition coefficient (Wildman–Crippen LogP) is 4.05. The number of carbonyl (C=O) groups excluding carboxylic acids is 1. The zero-order valence-electron chi connectivity index (χ0n) is 18.1. The van der Waals surface area contributed by atoms with Gasteiger partial charge in [0.25, 0.3) is 0 Å². The summed E-state index contributed by atoms with van der Waals surface area (Å²) in [6.45, 7) is 4.68. The molecule has 0 N–H and O–H groups in total. The van der Waals surface area contributed by atoms with Gasteiger partial charge < -0.3 is 9.47 Å². The molecule has 0 atom stereocenters. The lowest BCUT2D eigenvalue weighted by atomic mass is 10.2. The second-order valence-electron chi connectivity index (χ2n) is 6.95. The Balaban J connectivity index is 1.59. The highest BCUT2D eigenvalue weighted by molar-refractivity contribution is 7.89. The Morgan fingerprint density at radius 3 is 2.34 bits per heavy atom. The van der Waals surface area contributed by atoms with Gasteiger partial charge in [0.05, 0.1) is 16.2 Å². The topological polar surface area (TPSA) is 85.8 Å².